The van der Waals surface area contributed by atoms with E-state index in [0.29, 0.717) is 0 Å². The lowest BCUT2D eigenvalue weighted by molar-refractivity contribution is -0.431. The van der Waals surface area contributed by atoms with Crippen LogP contribution in [0, 0.1) is 0 Å². The highest BCUT2D eigenvalue weighted by Gasteiger charge is 2.92. The zero-order chi connectivity index (χ0) is 22.7. The molecule has 0 rings (SSSR count). The molecule has 18 heteroatoms. The van der Waals surface area contributed by atoms with Gasteiger partial charge >= 0.3 is 41.7 Å². The highest BCUT2D eigenvalue weighted by Crippen LogP contribution is 2.61. The summed E-state index contributed by atoms with van der Waals surface area (Å²) < 4.78 is 202. The summed E-state index contributed by atoms with van der Waals surface area (Å²) in [7, 11) is 0. The molecular formula is C9HClF16O. The van der Waals surface area contributed by atoms with Gasteiger partial charge in [-0.3, -0.25) is 4.79 Å². The summed E-state index contributed by atoms with van der Waals surface area (Å²) in [5.41, 5.74) is 0. The van der Waals surface area contributed by atoms with Gasteiger partial charge in [0.15, 0.2) is 0 Å². The van der Waals surface area contributed by atoms with E-state index in [1.54, 1.807) is 0 Å². The second kappa shape index (κ2) is 6.43. The summed E-state index contributed by atoms with van der Waals surface area (Å²) in [4.78, 5) is 9.98. The molecule has 0 aromatic carbocycles. The SMILES string of the molecule is O=C(Cl)C(F)(F)C(F)(F)C(F)(F)C(F)(F)C(F)(F)C(F)(F)C(F)C(F)(F)F. The minimum absolute atomic E-state index is 3.73. The van der Waals surface area contributed by atoms with Gasteiger partial charge in [0.2, 0.25) is 0 Å². The van der Waals surface area contributed by atoms with Gasteiger partial charge in [0.1, 0.15) is 0 Å². The Hall–Kier alpha value is -1.16. The number of rotatable bonds is 7. The first kappa shape index (κ1) is 25.8. The monoisotopic (exact) mass is 464 g/mol. The van der Waals surface area contributed by atoms with Crippen LogP contribution in [0.5, 0.6) is 0 Å². The first-order chi connectivity index (χ1) is 11.3. The van der Waals surface area contributed by atoms with E-state index >= 15 is 0 Å². The zero-order valence-electron chi connectivity index (χ0n) is 11.4. The molecule has 1 nitrogen and oxygen atoms in total. The van der Waals surface area contributed by atoms with Crippen LogP contribution in [-0.4, -0.2) is 53.1 Å². The van der Waals surface area contributed by atoms with Gasteiger partial charge in [-0.15, -0.1) is 0 Å². The fourth-order valence-corrected chi connectivity index (χ4v) is 1.41. The molecule has 0 amide bonds. The highest BCUT2D eigenvalue weighted by atomic mass is 35.5. The zero-order valence-corrected chi connectivity index (χ0v) is 12.2. The summed E-state index contributed by atoms with van der Waals surface area (Å²) in [6.45, 7) is 0. The van der Waals surface area contributed by atoms with Gasteiger partial charge in [0.25, 0.3) is 11.4 Å². The Kier molecular flexibility index (Phi) is 6.16. The number of hydrogen-bond acceptors (Lipinski definition) is 1. The molecule has 0 aliphatic carbocycles. The van der Waals surface area contributed by atoms with Crippen molar-refractivity contribution >= 4 is 16.8 Å². The van der Waals surface area contributed by atoms with Gasteiger partial charge in [-0.25, -0.2) is 4.39 Å². The summed E-state index contributed by atoms with van der Waals surface area (Å²) in [5, 5.41) is -3.84. The second-order valence-corrected chi connectivity index (χ2v) is 5.02. The first-order valence-corrected chi connectivity index (χ1v) is 5.90. The van der Waals surface area contributed by atoms with E-state index in [-0.39, 0.29) is 0 Å². The minimum atomic E-state index is -8.45. The van der Waals surface area contributed by atoms with Crippen LogP contribution in [0.25, 0.3) is 0 Å². The van der Waals surface area contributed by atoms with Crippen LogP contribution in [0.3, 0.4) is 0 Å². The molecule has 0 heterocycles. The predicted molar refractivity (Wildman–Crippen MR) is 51.5 cm³/mol. The number of alkyl halides is 16. The maximum absolute atomic E-state index is 13.0. The Morgan fingerprint density at radius 1 is 0.593 bits per heavy atom. The molecule has 0 radical (unpaired) electrons. The average molecular weight is 465 g/mol. The molecule has 0 fully saturated rings. The molecule has 0 bridgehead atoms. The van der Waals surface area contributed by atoms with Gasteiger partial charge in [-0.2, -0.15) is 65.9 Å². The van der Waals surface area contributed by atoms with E-state index in [9.17, 15) is 75.0 Å². The van der Waals surface area contributed by atoms with Crippen molar-refractivity contribution in [2.45, 2.75) is 47.9 Å². The molecular weight excluding hydrogens is 464 g/mol. The van der Waals surface area contributed by atoms with Gasteiger partial charge in [0, 0.05) is 0 Å². The third kappa shape index (κ3) is 3.39. The Morgan fingerprint density at radius 3 is 1.15 bits per heavy atom. The summed E-state index contributed by atoms with van der Waals surface area (Å²) >= 11 is 3.73. The van der Waals surface area contributed by atoms with Crippen molar-refractivity contribution in [1.82, 2.24) is 0 Å². The maximum atomic E-state index is 13.0. The largest absolute Gasteiger partial charge is 0.425 e. The molecule has 1 atom stereocenters. The molecule has 1 unspecified atom stereocenters. The summed E-state index contributed by atoms with van der Waals surface area (Å²) in [6.07, 6.45) is -13.4. The molecule has 0 saturated carbocycles. The van der Waals surface area contributed by atoms with Crippen molar-refractivity contribution < 1.29 is 75.0 Å². The van der Waals surface area contributed by atoms with Crippen molar-refractivity contribution in [2.75, 3.05) is 0 Å². The molecule has 0 aliphatic rings. The Labute approximate surface area is 141 Å². The van der Waals surface area contributed by atoms with Gasteiger partial charge in [0.05, 0.1) is 0 Å². The average Bonchev–Trinajstić information content (AvgIpc) is 2.43. The lowest BCUT2D eigenvalue weighted by atomic mass is 9.90. The first-order valence-electron chi connectivity index (χ1n) is 5.52. The van der Waals surface area contributed by atoms with E-state index in [2.05, 4.69) is 11.6 Å². The third-order valence-corrected chi connectivity index (χ3v) is 3.09. The van der Waals surface area contributed by atoms with Crippen LogP contribution >= 0.6 is 11.6 Å². The van der Waals surface area contributed by atoms with Crippen molar-refractivity contribution in [3.8, 4) is 0 Å². The fourth-order valence-electron chi connectivity index (χ4n) is 1.29. The highest BCUT2D eigenvalue weighted by molar-refractivity contribution is 6.65. The quantitative estimate of drug-likeness (QED) is 0.361. The molecule has 0 N–H and O–H groups in total. The van der Waals surface area contributed by atoms with E-state index < -0.39 is 53.1 Å². The van der Waals surface area contributed by atoms with Crippen LogP contribution in [0.2, 0.25) is 0 Å². The van der Waals surface area contributed by atoms with Crippen molar-refractivity contribution in [3.05, 3.63) is 0 Å². The van der Waals surface area contributed by atoms with Crippen LogP contribution < -0.4 is 0 Å². The number of hydrogen-bond donors (Lipinski definition) is 0. The second-order valence-electron chi connectivity index (χ2n) is 4.67. The van der Waals surface area contributed by atoms with Crippen LogP contribution in [-0.2, 0) is 4.79 Å². The predicted octanol–water partition coefficient (Wildman–Crippen LogP) is 5.46. The summed E-state index contributed by atoms with van der Waals surface area (Å²) in [5.74, 6) is -47.9. The Morgan fingerprint density at radius 2 is 0.889 bits per heavy atom. The molecule has 162 valence electrons. The molecule has 0 spiro atoms. The standard InChI is InChI=1S/C9HClF16O/c10-2(27)4(14,15)7(21,22)9(25,26)8(23,24)6(19,20)3(12,13)1(11)5(16,17)18/h1H. The topological polar surface area (TPSA) is 17.1 Å². The molecule has 0 aromatic heterocycles. The van der Waals surface area contributed by atoms with E-state index in [0.717, 1.165) is 0 Å². The third-order valence-electron chi connectivity index (χ3n) is 2.85. The van der Waals surface area contributed by atoms with Crippen molar-refractivity contribution in [3.63, 3.8) is 0 Å². The fraction of sp³-hybridized carbons (Fsp3) is 0.889. The maximum Gasteiger partial charge on any atom is 0.425 e. The Bertz CT molecular complexity index is 577. The molecule has 0 aromatic rings. The normalized spacial score (nSPS) is 17.1. The summed E-state index contributed by atoms with van der Waals surface area (Å²) in [6, 6.07) is 0. The van der Waals surface area contributed by atoms with Crippen LogP contribution in [0.15, 0.2) is 0 Å². The number of carbonyl (C=O) groups is 1. The molecule has 0 aliphatic heterocycles. The van der Waals surface area contributed by atoms with Gasteiger partial charge in [-0.05, 0) is 11.6 Å². The van der Waals surface area contributed by atoms with Gasteiger partial charge in [-0.1, -0.05) is 0 Å². The lowest BCUT2D eigenvalue weighted by Gasteiger charge is -2.41. The number of halogens is 17. The van der Waals surface area contributed by atoms with E-state index in [1.165, 1.54) is 0 Å². The van der Waals surface area contributed by atoms with Crippen molar-refractivity contribution in [1.29, 1.82) is 0 Å². The molecule has 27 heavy (non-hydrogen) atoms. The van der Waals surface area contributed by atoms with Crippen LogP contribution in [0.4, 0.5) is 70.2 Å². The van der Waals surface area contributed by atoms with Crippen molar-refractivity contribution in [2.24, 2.45) is 0 Å². The Balaban J connectivity index is 6.57. The lowest BCUT2D eigenvalue weighted by Crippen LogP contribution is -2.73. The molecule has 0 saturated heterocycles. The van der Waals surface area contributed by atoms with Gasteiger partial charge < -0.3 is 0 Å². The number of carbonyl (C=O) groups excluding carboxylic acids is 1. The van der Waals surface area contributed by atoms with Crippen LogP contribution in [0.1, 0.15) is 0 Å². The van der Waals surface area contributed by atoms with E-state index in [1.807, 2.05) is 0 Å². The van der Waals surface area contributed by atoms with E-state index in [4.69, 9.17) is 0 Å². The minimum Gasteiger partial charge on any atom is -0.274 e. The smallest absolute Gasteiger partial charge is 0.274 e.